The minimum Gasteiger partial charge on any atom is -0.398 e. The van der Waals surface area contributed by atoms with Gasteiger partial charge in [0, 0.05) is 18.3 Å². The third-order valence-corrected chi connectivity index (χ3v) is 4.50. The summed E-state index contributed by atoms with van der Waals surface area (Å²) >= 11 is 0. The fourth-order valence-electron chi connectivity index (χ4n) is 2.56. The summed E-state index contributed by atoms with van der Waals surface area (Å²) < 4.78 is 0. The van der Waals surface area contributed by atoms with E-state index in [1.165, 1.54) is 11.1 Å². The summed E-state index contributed by atoms with van der Waals surface area (Å²) in [5.74, 6) is 0. The Labute approximate surface area is 133 Å². The molecular weight excluding hydrogens is 272 g/mol. The van der Waals surface area contributed by atoms with E-state index in [1.54, 1.807) is 0 Å². The van der Waals surface area contributed by atoms with Crippen molar-refractivity contribution in [3.63, 3.8) is 0 Å². The van der Waals surface area contributed by atoms with E-state index in [4.69, 9.17) is 5.73 Å². The lowest BCUT2D eigenvalue weighted by Gasteiger charge is -2.29. The minimum absolute atomic E-state index is 0.00159. The molecule has 0 aliphatic rings. The first kappa shape index (κ1) is 16.5. The second kappa shape index (κ2) is 6.95. The summed E-state index contributed by atoms with van der Waals surface area (Å²) in [7, 11) is 2.02. The fourth-order valence-corrected chi connectivity index (χ4v) is 2.56. The van der Waals surface area contributed by atoms with Crippen molar-refractivity contribution in [2.24, 2.45) is 0 Å². The van der Waals surface area contributed by atoms with E-state index in [-0.39, 0.29) is 6.04 Å². The maximum Gasteiger partial charge on any atom is 0.0942 e. The molecule has 22 heavy (non-hydrogen) atoms. The minimum atomic E-state index is -0.519. The molecule has 0 saturated carbocycles. The third-order valence-electron chi connectivity index (χ3n) is 4.50. The molecule has 0 aliphatic heterocycles. The van der Waals surface area contributed by atoms with E-state index in [2.05, 4.69) is 30.9 Å². The van der Waals surface area contributed by atoms with Crippen LogP contribution in [-0.2, 0) is 6.54 Å². The average Bonchev–Trinajstić information content (AvgIpc) is 2.50. The highest BCUT2D eigenvalue weighted by Crippen LogP contribution is 2.24. The molecule has 0 spiro atoms. The number of hydrogen-bond donors (Lipinski definition) is 2. The number of nitrogens with zero attached hydrogens (tertiary/aromatic N) is 1. The molecule has 2 unspecified atom stereocenters. The van der Waals surface area contributed by atoms with Crippen LogP contribution in [0, 0.1) is 13.8 Å². The third kappa shape index (κ3) is 3.67. The Bertz CT molecular complexity index is 639. The number of likely N-dealkylation sites (N-methyl/N-ethyl adjacent to an activating group) is 1. The Balaban J connectivity index is 2.10. The van der Waals surface area contributed by atoms with Crippen LogP contribution in [0.25, 0.3) is 0 Å². The summed E-state index contributed by atoms with van der Waals surface area (Å²) in [5.41, 5.74) is 11.3. The molecule has 118 valence electrons. The van der Waals surface area contributed by atoms with Gasteiger partial charge in [0.1, 0.15) is 0 Å². The van der Waals surface area contributed by atoms with Crippen molar-refractivity contribution in [3.05, 3.63) is 64.7 Å². The average molecular weight is 298 g/mol. The summed E-state index contributed by atoms with van der Waals surface area (Å²) in [6.07, 6.45) is -0.519. The van der Waals surface area contributed by atoms with Gasteiger partial charge >= 0.3 is 0 Å². The van der Waals surface area contributed by atoms with Crippen molar-refractivity contribution in [1.29, 1.82) is 0 Å². The standard InChI is InChI=1S/C19H26N2O/c1-13-9-10-16(11-14(13)2)19(22)15(3)21(4)12-17-7-5-6-8-18(17)20/h5-11,15,19,22H,12,20H2,1-4H3. The van der Waals surface area contributed by atoms with E-state index in [0.29, 0.717) is 0 Å². The van der Waals surface area contributed by atoms with Gasteiger partial charge in [0.15, 0.2) is 0 Å². The lowest BCUT2D eigenvalue weighted by molar-refractivity contribution is 0.0689. The van der Waals surface area contributed by atoms with E-state index in [0.717, 1.165) is 23.4 Å². The predicted molar refractivity (Wildman–Crippen MR) is 92.7 cm³/mol. The van der Waals surface area contributed by atoms with Crippen LogP contribution in [0.15, 0.2) is 42.5 Å². The highest BCUT2D eigenvalue weighted by molar-refractivity contribution is 5.46. The molecule has 0 heterocycles. The van der Waals surface area contributed by atoms with Gasteiger partial charge in [-0.25, -0.2) is 0 Å². The number of aryl methyl sites for hydroxylation is 2. The second-order valence-electron chi connectivity index (χ2n) is 6.14. The number of aliphatic hydroxyl groups excluding tert-OH is 1. The molecule has 0 aromatic heterocycles. The maximum atomic E-state index is 10.6. The number of nitrogens with two attached hydrogens (primary N) is 1. The van der Waals surface area contributed by atoms with Gasteiger partial charge in [0.05, 0.1) is 6.10 Å². The predicted octanol–water partition coefficient (Wildman–Crippen LogP) is 3.44. The van der Waals surface area contributed by atoms with Crippen LogP contribution in [0.5, 0.6) is 0 Å². The number of rotatable bonds is 5. The van der Waals surface area contributed by atoms with E-state index in [9.17, 15) is 5.11 Å². The topological polar surface area (TPSA) is 49.5 Å². The van der Waals surface area contributed by atoms with E-state index < -0.39 is 6.10 Å². The molecule has 3 N–H and O–H groups in total. The number of anilines is 1. The van der Waals surface area contributed by atoms with E-state index in [1.807, 2.05) is 44.3 Å². The number of nitrogen functional groups attached to an aromatic ring is 1. The Morgan fingerprint density at radius 1 is 1.09 bits per heavy atom. The van der Waals surface area contributed by atoms with Crippen LogP contribution in [0.3, 0.4) is 0 Å². The van der Waals surface area contributed by atoms with Crippen molar-refractivity contribution in [2.45, 2.75) is 39.5 Å². The van der Waals surface area contributed by atoms with Crippen molar-refractivity contribution in [1.82, 2.24) is 4.90 Å². The molecular formula is C19H26N2O. The molecule has 2 aromatic carbocycles. The van der Waals surface area contributed by atoms with Gasteiger partial charge < -0.3 is 10.8 Å². The molecule has 0 radical (unpaired) electrons. The monoisotopic (exact) mass is 298 g/mol. The van der Waals surface area contributed by atoms with Crippen LogP contribution in [0.4, 0.5) is 5.69 Å². The maximum absolute atomic E-state index is 10.6. The van der Waals surface area contributed by atoms with Gasteiger partial charge in [0.25, 0.3) is 0 Å². The van der Waals surface area contributed by atoms with Gasteiger partial charge in [-0.1, -0.05) is 36.4 Å². The zero-order valence-corrected chi connectivity index (χ0v) is 13.9. The Morgan fingerprint density at radius 3 is 2.41 bits per heavy atom. The van der Waals surface area contributed by atoms with Crippen LogP contribution >= 0.6 is 0 Å². The number of para-hydroxylation sites is 1. The highest BCUT2D eigenvalue weighted by atomic mass is 16.3. The Kier molecular flexibility index (Phi) is 5.22. The van der Waals surface area contributed by atoms with Gasteiger partial charge in [-0.05, 0) is 56.1 Å². The zero-order valence-electron chi connectivity index (χ0n) is 13.9. The number of benzene rings is 2. The largest absolute Gasteiger partial charge is 0.398 e. The molecule has 3 heteroatoms. The highest BCUT2D eigenvalue weighted by Gasteiger charge is 2.21. The molecule has 2 rings (SSSR count). The number of aliphatic hydroxyl groups is 1. The molecule has 2 aromatic rings. The van der Waals surface area contributed by atoms with Gasteiger partial charge in [-0.3, -0.25) is 4.90 Å². The summed E-state index contributed by atoms with van der Waals surface area (Å²) in [6.45, 7) is 6.92. The molecule has 3 nitrogen and oxygen atoms in total. The van der Waals surface area contributed by atoms with Crippen LogP contribution < -0.4 is 5.73 Å². The fraction of sp³-hybridized carbons (Fsp3) is 0.368. The smallest absolute Gasteiger partial charge is 0.0942 e. The molecule has 2 atom stereocenters. The second-order valence-corrected chi connectivity index (χ2v) is 6.14. The van der Waals surface area contributed by atoms with Crippen LogP contribution in [0.1, 0.15) is 35.3 Å². The van der Waals surface area contributed by atoms with Crippen molar-refractivity contribution in [3.8, 4) is 0 Å². The van der Waals surface area contributed by atoms with Crippen LogP contribution in [-0.4, -0.2) is 23.1 Å². The van der Waals surface area contributed by atoms with Crippen LogP contribution in [0.2, 0.25) is 0 Å². The van der Waals surface area contributed by atoms with Crippen molar-refractivity contribution < 1.29 is 5.11 Å². The van der Waals surface area contributed by atoms with Crippen molar-refractivity contribution in [2.75, 3.05) is 12.8 Å². The molecule has 0 fully saturated rings. The first-order valence-corrected chi connectivity index (χ1v) is 7.69. The Morgan fingerprint density at radius 2 is 1.77 bits per heavy atom. The lowest BCUT2D eigenvalue weighted by Crippen LogP contribution is -2.34. The van der Waals surface area contributed by atoms with Crippen molar-refractivity contribution >= 4 is 5.69 Å². The normalized spacial score (nSPS) is 14.1. The van der Waals surface area contributed by atoms with Gasteiger partial charge in [-0.2, -0.15) is 0 Å². The summed E-state index contributed by atoms with van der Waals surface area (Å²) in [5, 5.41) is 10.6. The summed E-state index contributed by atoms with van der Waals surface area (Å²) in [6, 6.07) is 14.0. The summed E-state index contributed by atoms with van der Waals surface area (Å²) in [4.78, 5) is 2.13. The SMILES string of the molecule is Cc1ccc(C(O)C(C)N(C)Cc2ccccc2N)cc1C. The Hall–Kier alpha value is -1.84. The van der Waals surface area contributed by atoms with Gasteiger partial charge in [0.2, 0.25) is 0 Å². The quantitative estimate of drug-likeness (QED) is 0.831. The van der Waals surface area contributed by atoms with Gasteiger partial charge in [-0.15, -0.1) is 0 Å². The molecule has 0 saturated heterocycles. The number of hydrogen-bond acceptors (Lipinski definition) is 3. The first-order valence-electron chi connectivity index (χ1n) is 7.69. The first-order chi connectivity index (χ1) is 10.4. The zero-order chi connectivity index (χ0) is 16.3. The lowest BCUT2D eigenvalue weighted by atomic mass is 9.98. The van der Waals surface area contributed by atoms with E-state index >= 15 is 0 Å². The molecule has 0 aliphatic carbocycles. The molecule has 0 bridgehead atoms. The molecule has 0 amide bonds.